The van der Waals surface area contributed by atoms with Gasteiger partial charge in [-0.2, -0.15) is 0 Å². The average Bonchev–Trinajstić information content (AvgIpc) is 2.04. The second-order valence-corrected chi connectivity index (χ2v) is 3.15. The topological polar surface area (TPSA) is 29.5 Å². The summed E-state index contributed by atoms with van der Waals surface area (Å²) in [5.41, 5.74) is 2.00. The quantitative estimate of drug-likeness (QED) is 0.774. The van der Waals surface area contributed by atoms with Crippen LogP contribution in [0, 0.1) is 6.92 Å². The zero-order valence-electron chi connectivity index (χ0n) is 8.37. The van der Waals surface area contributed by atoms with Gasteiger partial charge in [-0.25, -0.2) is 0 Å². The maximum Gasteiger partial charge on any atom is 0.125 e. The molecule has 0 aliphatic carbocycles. The number of aliphatic hydroxyl groups is 1. The van der Waals surface area contributed by atoms with Gasteiger partial charge in [-0.1, -0.05) is 12.1 Å². The fraction of sp³-hybridized carbons (Fsp3) is 0.455. The van der Waals surface area contributed by atoms with Gasteiger partial charge in [0.15, 0.2) is 0 Å². The van der Waals surface area contributed by atoms with Crippen molar-refractivity contribution in [2.45, 2.75) is 26.9 Å². The molecule has 1 aromatic carbocycles. The van der Waals surface area contributed by atoms with E-state index in [2.05, 4.69) is 0 Å². The molecule has 0 saturated heterocycles. The third-order valence-electron chi connectivity index (χ3n) is 1.92. The van der Waals surface area contributed by atoms with Crippen LogP contribution in [0.25, 0.3) is 0 Å². The van der Waals surface area contributed by atoms with E-state index in [-0.39, 0.29) is 0 Å². The molecule has 0 aliphatic rings. The molecule has 0 unspecified atom stereocenters. The summed E-state index contributed by atoms with van der Waals surface area (Å²) in [6.45, 7) is 6.32. The highest BCUT2D eigenvalue weighted by molar-refractivity contribution is 5.38. The van der Waals surface area contributed by atoms with E-state index in [9.17, 15) is 5.11 Å². The van der Waals surface area contributed by atoms with Crippen molar-refractivity contribution in [1.29, 1.82) is 0 Å². The SMILES string of the molecule is CCOc1cc(C)ccc1[C@H](C)O. The molecule has 1 rings (SSSR count). The normalized spacial score (nSPS) is 12.6. The van der Waals surface area contributed by atoms with Gasteiger partial charge in [0.1, 0.15) is 5.75 Å². The monoisotopic (exact) mass is 180 g/mol. The summed E-state index contributed by atoms with van der Waals surface area (Å²) < 4.78 is 5.42. The van der Waals surface area contributed by atoms with Crippen molar-refractivity contribution in [1.82, 2.24) is 0 Å². The zero-order chi connectivity index (χ0) is 9.84. The second-order valence-electron chi connectivity index (χ2n) is 3.15. The maximum absolute atomic E-state index is 9.44. The smallest absolute Gasteiger partial charge is 0.125 e. The molecule has 72 valence electrons. The van der Waals surface area contributed by atoms with E-state index in [0.717, 1.165) is 16.9 Å². The molecule has 0 aromatic heterocycles. The van der Waals surface area contributed by atoms with Crippen LogP contribution >= 0.6 is 0 Å². The molecule has 0 spiro atoms. The van der Waals surface area contributed by atoms with Gasteiger partial charge in [0.05, 0.1) is 12.7 Å². The molecular weight excluding hydrogens is 164 g/mol. The maximum atomic E-state index is 9.44. The summed E-state index contributed by atoms with van der Waals surface area (Å²) in [7, 11) is 0. The van der Waals surface area contributed by atoms with E-state index < -0.39 is 6.10 Å². The molecule has 2 heteroatoms. The molecular formula is C11H16O2. The molecule has 0 aliphatic heterocycles. The summed E-state index contributed by atoms with van der Waals surface area (Å²) in [5, 5.41) is 9.44. The summed E-state index contributed by atoms with van der Waals surface area (Å²) in [4.78, 5) is 0. The summed E-state index contributed by atoms with van der Waals surface area (Å²) >= 11 is 0. The van der Waals surface area contributed by atoms with Crippen molar-refractivity contribution in [2.75, 3.05) is 6.61 Å². The Kier molecular flexibility index (Phi) is 3.32. The third-order valence-corrected chi connectivity index (χ3v) is 1.92. The lowest BCUT2D eigenvalue weighted by Crippen LogP contribution is -1.99. The van der Waals surface area contributed by atoms with Gasteiger partial charge in [-0.15, -0.1) is 0 Å². The minimum Gasteiger partial charge on any atom is -0.493 e. The van der Waals surface area contributed by atoms with Gasteiger partial charge in [-0.05, 0) is 32.4 Å². The number of benzene rings is 1. The van der Waals surface area contributed by atoms with Crippen molar-refractivity contribution >= 4 is 0 Å². The third kappa shape index (κ3) is 2.46. The lowest BCUT2D eigenvalue weighted by molar-refractivity contribution is 0.192. The highest BCUT2D eigenvalue weighted by Gasteiger charge is 2.08. The summed E-state index contributed by atoms with van der Waals surface area (Å²) in [5.74, 6) is 0.789. The predicted octanol–water partition coefficient (Wildman–Crippen LogP) is 2.45. The Bertz CT molecular complexity index is 279. The number of hydrogen-bond acceptors (Lipinski definition) is 2. The zero-order valence-corrected chi connectivity index (χ0v) is 8.37. The van der Waals surface area contributed by atoms with Crippen LogP contribution in [0.4, 0.5) is 0 Å². The Hall–Kier alpha value is -1.02. The highest BCUT2D eigenvalue weighted by Crippen LogP contribution is 2.25. The molecule has 0 radical (unpaired) electrons. The van der Waals surface area contributed by atoms with Crippen LogP contribution in [-0.2, 0) is 0 Å². The molecule has 2 nitrogen and oxygen atoms in total. The van der Waals surface area contributed by atoms with E-state index in [1.54, 1.807) is 6.92 Å². The van der Waals surface area contributed by atoms with Crippen LogP contribution in [0.1, 0.15) is 31.1 Å². The van der Waals surface area contributed by atoms with E-state index in [0.29, 0.717) is 6.61 Å². The number of aliphatic hydroxyl groups excluding tert-OH is 1. The van der Waals surface area contributed by atoms with Crippen molar-refractivity contribution in [3.63, 3.8) is 0 Å². The van der Waals surface area contributed by atoms with Gasteiger partial charge in [-0.3, -0.25) is 0 Å². The number of hydrogen-bond donors (Lipinski definition) is 1. The van der Waals surface area contributed by atoms with Crippen molar-refractivity contribution in [2.24, 2.45) is 0 Å². The van der Waals surface area contributed by atoms with Crippen LogP contribution in [0.3, 0.4) is 0 Å². The minimum absolute atomic E-state index is 0.470. The number of aryl methyl sites for hydroxylation is 1. The molecule has 0 amide bonds. The molecule has 13 heavy (non-hydrogen) atoms. The Morgan fingerprint density at radius 1 is 1.46 bits per heavy atom. The largest absolute Gasteiger partial charge is 0.493 e. The van der Waals surface area contributed by atoms with Crippen LogP contribution in [0.5, 0.6) is 5.75 Å². The second kappa shape index (κ2) is 4.28. The molecule has 0 heterocycles. The Labute approximate surface area is 79.2 Å². The van der Waals surface area contributed by atoms with Gasteiger partial charge < -0.3 is 9.84 Å². The summed E-state index contributed by atoms with van der Waals surface area (Å²) in [6.07, 6.45) is -0.470. The van der Waals surface area contributed by atoms with Crippen LogP contribution < -0.4 is 4.74 Å². The number of ether oxygens (including phenoxy) is 1. The van der Waals surface area contributed by atoms with Crippen LogP contribution in [0.15, 0.2) is 18.2 Å². The predicted molar refractivity (Wildman–Crippen MR) is 53.0 cm³/mol. The van der Waals surface area contributed by atoms with Gasteiger partial charge in [0.25, 0.3) is 0 Å². The summed E-state index contributed by atoms with van der Waals surface area (Å²) in [6, 6.07) is 5.83. The van der Waals surface area contributed by atoms with E-state index in [1.165, 1.54) is 0 Å². The fourth-order valence-electron chi connectivity index (χ4n) is 1.27. The van der Waals surface area contributed by atoms with Gasteiger partial charge >= 0.3 is 0 Å². The molecule has 0 saturated carbocycles. The highest BCUT2D eigenvalue weighted by atomic mass is 16.5. The Morgan fingerprint density at radius 2 is 2.15 bits per heavy atom. The van der Waals surface area contributed by atoms with E-state index >= 15 is 0 Å². The first-order valence-electron chi connectivity index (χ1n) is 4.56. The van der Waals surface area contributed by atoms with Crippen molar-refractivity contribution in [3.05, 3.63) is 29.3 Å². The van der Waals surface area contributed by atoms with Crippen molar-refractivity contribution in [3.8, 4) is 5.75 Å². The van der Waals surface area contributed by atoms with Gasteiger partial charge in [0, 0.05) is 5.56 Å². The first-order valence-corrected chi connectivity index (χ1v) is 4.56. The fourth-order valence-corrected chi connectivity index (χ4v) is 1.27. The molecule has 1 aromatic rings. The Balaban J connectivity index is 3.03. The molecule has 1 N–H and O–H groups in total. The standard InChI is InChI=1S/C11H16O2/c1-4-13-11-7-8(2)5-6-10(11)9(3)12/h5-7,9,12H,4H2,1-3H3/t9-/m0/s1. The first-order chi connectivity index (χ1) is 6.15. The van der Waals surface area contributed by atoms with E-state index in [4.69, 9.17) is 4.74 Å². The number of rotatable bonds is 3. The van der Waals surface area contributed by atoms with Crippen LogP contribution in [0.2, 0.25) is 0 Å². The molecule has 0 fully saturated rings. The lowest BCUT2D eigenvalue weighted by atomic mass is 10.1. The average molecular weight is 180 g/mol. The molecule has 0 bridgehead atoms. The van der Waals surface area contributed by atoms with Crippen LogP contribution in [-0.4, -0.2) is 11.7 Å². The minimum atomic E-state index is -0.470. The lowest BCUT2D eigenvalue weighted by Gasteiger charge is -2.12. The van der Waals surface area contributed by atoms with E-state index in [1.807, 2.05) is 32.0 Å². The first kappa shape index (κ1) is 10.1. The van der Waals surface area contributed by atoms with Gasteiger partial charge in [0.2, 0.25) is 0 Å². The molecule has 1 atom stereocenters. The van der Waals surface area contributed by atoms with Crippen molar-refractivity contribution < 1.29 is 9.84 Å². The Morgan fingerprint density at radius 3 is 2.69 bits per heavy atom.